The third-order valence-corrected chi connectivity index (χ3v) is 1.76. The summed E-state index contributed by atoms with van der Waals surface area (Å²) in [4.78, 5) is 0. The lowest BCUT2D eigenvalue weighted by atomic mass is 10.1. The lowest BCUT2D eigenvalue weighted by Crippen LogP contribution is -2.25. The molecule has 5 heteroatoms. The van der Waals surface area contributed by atoms with Crippen LogP contribution in [-0.4, -0.2) is 0 Å². The van der Waals surface area contributed by atoms with Crippen LogP contribution in [0.3, 0.4) is 0 Å². The molecule has 0 heterocycles. The second-order valence-corrected chi connectivity index (χ2v) is 2.69. The average Bonchev–Trinajstić information content (AvgIpc) is 2.12. The number of hydrogen-bond acceptors (Lipinski definition) is 2. The van der Waals surface area contributed by atoms with E-state index in [0.29, 0.717) is 0 Å². The molecule has 13 heavy (non-hydrogen) atoms. The zero-order valence-electron chi connectivity index (χ0n) is 6.94. The Hall–Kier alpha value is -1.07. The second-order valence-electron chi connectivity index (χ2n) is 2.69. The van der Waals surface area contributed by atoms with Gasteiger partial charge in [0, 0.05) is 6.04 Å². The number of rotatable bonds is 2. The van der Waals surface area contributed by atoms with E-state index in [1.165, 1.54) is 0 Å². The minimum atomic E-state index is -1.46. The Morgan fingerprint density at radius 3 is 2.08 bits per heavy atom. The van der Waals surface area contributed by atoms with E-state index in [1.54, 1.807) is 6.92 Å². The van der Waals surface area contributed by atoms with Gasteiger partial charge in [0.25, 0.3) is 0 Å². The van der Waals surface area contributed by atoms with Crippen LogP contribution in [0, 0.1) is 17.5 Å². The van der Waals surface area contributed by atoms with Crippen LogP contribution in [0.5, 0.6) is 0 Å². The minimum Gasteiger partial charge on any atom is -0.271 e. The largest absolute Gasteiger partial charge is 0.271 e. The smallest absolute Gasteiger partial charge is 0.194 e. The van der Waals surface area contributed by atoms with Gasteiger partial charge in [0.05, 0.1) is 0 Å². The Bertz CT molecular complexity index is 291. The van der Waals surface area contributed by atoms with Gasteiger partial charge < -0.3 is 0 Å². The zero-order valence-corrected chi connectivity index (χ0v) is 6.94. The van der Waals surface area contributed by atoms with E-state index in [9.17, 15) is 13.2 Å². The summed E-state index contributed by atoms with van der Waals surface area (Å²) in [5.74, 6) is 1.17. The van der Waals surface area contributed by atoms with Crippen LogP contribution in [0.2, 0.25) is 0 Å². The molecule has 0 aliphatic heterocycles. The van der Waals surface area contributed by atoms with Crippen molar-refractivity contribution in [2.24, 2.45) is 5.84 Å². The molecule has 0 spiro atoms. The first kappa shape index (κ1) is 10.0. The Morgan fingerprint density at radius 2 is 1.69 bits per heavy atom. The van der Waals surface area contributed by atoms with Crippen LogP contribution in [0.4, 0.5) is 13.2 Å². The van der Waals surface area contributed by atoms with Gasteiger partial charge in [0.15, 0.2) is 17.5 Å². The lowest BCUT2D eigenvalue weighted by molar-refractivity contribution is 0.441. The van der Waals surface area contributed by atoms with Gasteiger partial charge in [-0.3, -0.25) is 11.3 Å². The summed E-state index contributed by atoms with van der Waals surface area (Å²) in [6.45, 7) is 1.60. The van der Waals surface area contributed by atoms with Gasteiger partial charge in [0.2, 0.25) is 0 Å². The van der Waals surface area contributed by atoms with Gasteiger partial charge in [-0.05, 0) is 24.6 Å². The Kier molecular flexibility index (Phi) is 2.90. The summed E-state index contributed by atoms with van der Waals surface area (Å²) in [5.41, 5.74) is 2.56. The van der Waals surface area contributed by atoms with E-state index in [2.05, 4.69) is 5.43 Å². The summed E-state index contributed by atoms with van der Waals surface area (Å²) in [6.07, 6.45) is 0. The molecule has 0 aliphatic carbocycles. The molecule has 1 aromatic rings. The van der Waals surface area contributed by atoms with Crippen LogP contribution >= 0.6 is 0 Å². The topological polar surface area (TPSA) is 38.0 Å². The van der Waals surface area contributed by atoms with Crippen molar-refractivity contribution in [3.63, 3.8) is 0 Å². The van der Waals surface area contributed by atoms with Crippen molar-refractivity contribution < 1.29 is 13.2 Å². The van der Waals surface area contributed by atoms with Crippen molar-refractivity contribution in [2.45, 2.75) is 13.0 Å². The van der Waals surface area contributed by atoms with Gasteiger partial charge in [-0.15, -0.1) is 0 Å². The first-order valence-electron chi connectivity index (χ1n) is 3.67. The average molecular weight is 190 g/mol. The molecule has 1 atom stereocenters. The summed E-state index contributed by atoms with van der Waals surface area (Å²) >= 11 is 0. The molecule has 2 nitrogen and oxygen atoms in total. The lowest BCUT2D eigenvalue weighted by Gasteiger charge is -2.10. The van der Waals surface area contributed by atoms with Crippen LogP contribution in [0.25, 0.3) is 0 Å². The van der Waals surface area contributed by atoms with Crippen molar-refractivity contribution in [1.82, 2.24) is 5.43 Å². The Balaban J connectivity index is 3.13. The molecule has 0 bridgehead atoms. The number of hydrogen-bond donors (Lipinski definition) is 2. The summed E-state index contributed by atoms with van der Waals surface area (Å²) in [7, 11) is 0. The molecule has 1 aromatic carbocycles. The molecule has 3 N–H and O–H groups in total. The Labute approximate surface area is 73.5 Å². The van der Waals surface area contributed by atoms with Crippen molar-refractivity contribution in [2.75, 3.05) is 0 Å². The van der Waals surface area contributed by atoms with Crippen molar-refractivity contribution in [3.8, 4) is 0 Å². The third kappa shape index (κ3) is 1.99. The van der Waals surface area contributed by atoms with Gasteiger partial charge in [-0.2, -0.15) is 0 Å². The number of nitrogens with two attached hydrogens (primary N) is 1. The highest BCUT2D eigenvalue weighted by molar-refractivity contribution is 5.21. The molecule has 1 rings (SSSR count). The third-order valence-electron chi connectivity index (χ3n) is 1.76. The molecule has 0 aliphatic rings. The number of benzene rings is 1. The predicted octanol–water partition coefficient (Wildman–Crippen LogP) is 1.63. The van der Waals surface area contributed by atoms with Crippen LogP contribution in [-0.2, 0) is 0 Å². The molecular formula is C8H9F3N2. The quantitative estimate of drug-likeness (QED) is 0.422. The van der Waals surface area contributed by atoms with Crippen LogP contribution in [0.1, 0.15) is 18.5 Å². The van der Waals surface area contributed by atoms with E-state index in [0.717, 1.165) is 12.1 Å². The van der Waals surface area contributed by atoms with E-state index >= 15 is 0 Å². The van der Waals surface area contributed by atoms with E-state index in [1.807, 2.05) is 0 Å². The number of hydrazine groups is 1. The standard InChI is InChI=1S/C8H9F3N2/c1-4(13-12)5-2-6(9)8(11)7(10)3-5/h2-4,13H,12H2,1H3/t4-/m1/s1. The fourth-order valence-corrected chi connectivity index (χ4v) is 0.921. The van der Waals surface area contributed by atoms with Gasteiger partial charge in [-0.25, -0.2) is 13.2 Å². The van der Waals surface area contributed by atoms with Crippen LogP contribution < -0.4 is 11.3 Å². The molecular weight excluding hydrogens is 181 g/mol. The molecule has 0 radical (unpaired) electrons. The first-order valence-corrected chi connectivity index (χ1v) is 3.67. The molecule has 0 unspecified atom stereocenters. The van der Waals surface area contributed by atoms with Crippen molar-refractivity contribution >= 4 is 0 Å². The fourth-order valence-electron chi connectivity index (χ4n) is 0.921. The SMILES string of the molecule is C[C@@H](NN)c1cc(F)c(F)c(F)c1. The number of halogens is 3. The van der Waals surface area contributed by atoms with E-state index in [-0.39, 0.29) is 5.56 Å². The highest BCUT2D eigenvalue weighted by Crippen LogP contribution is 2.18. The van der Waals surface area contributed by atoms with Gasteiger partial charge in [0.1, 0.15) is 0 Å². The monoisotopic (exact) mass is 190 g/mol. The predicted molar refractivity (Wildman–Crippen MR) is 42.1 cm³/mol. The van der Waals surface area contributed by atoms with Gasteiger partial charge >= 0.3 is 0 Å². The zero-order chi connectivity index (χ0) is 10.0. The van der Waals surface area contributed by atoms with Crippen LogP contribution in [0.15, 0.2) is 12.1 Å². The summed E-state index contributed by atoms with van der Waals surface area (Å²) < 4.78 is 37.8. The first-order chi connectivity index (χ1) is 6.06. The fraction of sp³-hybridized carbons (Fsp3) is 0.250. The second kappa shape index (κ2) is 3.76. The van der Waals surface area contributed by atoms with Crippen molar-refractivity contribution in [3.05, 3.63) is 35.1 Å². The molecule has 0 saturated carbocycles. The maximum atomic E-state index is 12.7. The number of nitrogens with one attached hydrogen (secondary N) is 1. The molecule has 72 valence electrons. The maximum absolute atomic E-state index is 12.7. The van der Waals surface area contributed by atoms with Crippen molar-refractivity contribution in [1.29, 1.82) is 0 Å². The maximum Gasteiger partial charge on any atom is 0.194 e. The molecule has 0 saturated heterocycles. The normalized spacial score (nSPS) is 13.0. The molecule has 0 fully saturated rings. The Morgan fingerprint density at radius 1 is 1.23 bits per heavy atom. The van der Waals surface area contributed by atoms with E-state index < -0.39 is 23.5 Å². The summed E-state index contributed by atoms with van der Waals surface area (Å²) in [5, 5.41) is 0. The summed E-state index contributed by atoms with van der Waals surface area (Å²) in [6, 6.07) is 1.39. The van der Waals surface area contributed by atoms with E-state index in [4.69, 9.17) is 5.84 Å². The molecule has 0 amide bonds. The van der Waals surface area contributed by atoms with Gasteiger partial charge in [-0.1, -0.05) is 0 Å². The highest BCUT2D eigenvalue weighted by Gasteiger charge is 2.13. The highest BCUT2D eigenvalue weighted by atomic mass is 19.2. The minimum absolute atomic E-state index is 0.263. The molecule has 0 aromatic heterocycles.